The van der Waals surface area contributed by atoms with Crippen molar-refractivity contribution in [1.29, 1.82) is 0 Å². The fourth-order valence-electron chi connectivity index (χ4n) is 3.84. The predicted octanol–water partition coefficient (Wildman–Crippen LogP) is 3.42. The smallest absolute Gasteiger partial charge is 0.191 e. The molecular formula is C24H39IN6O. The Morgan fingerprint density at radius 1 is 1.00 bits per heavy atom. The van der Waals surface area contributed by atoms with Gasteiger partial charge in [0.25, 0.3) is 0 Å². The van der Waals surface area contributed by atoms with Crippen LogP contribution in [-0.4, -0.2) is 60.7 Å². The van der Waals surface area contributed by atoms with E-state index in [9.17, 15) is 0 Å². The van der Waals surface area contributed by atoms with Crippen molar-refractivity contribution in [3.05, 3.63) is 52.4 Å². The molecule has 2 N–H and O–H groups in total. The SMILES string of the molecule is CCNC(=NCc1ccc(CN2CCN(C)CC2)cc1)NCc1c(CC)noc1CC.I. The first-order valence-electron chi connectivity index (χ1n) is 11.6. The molecule has 2 heterocycles. The molecule has 1 aromatic carbocycles. The molecular weight excluding hydrogens is 515 g/mol. The number of rotatable bonds is 9. The normalized spacial score (nSPS) is 15.4. The highest BCUT2D eigenvalue weighted by atomic mass is 127. The van der Waals surface area contributed by atoms with E-state index in [1.807, 2.05) is 0 Å². The molecule has 1 fully saturated rings. The number of guanidine groups is 1. The van der Waals surface area contributed by atoms with Crippen molar-refractivity contribution in [1.82, 2.24) is 25.6 Å². The van der Waals surface area contributed by atoms with Gasteiger partial charge in [0.1, 0.15) is 5.76 Å². The number of aliphatic imine (C=N–C) groups is 1. The third kappa shape index (κ3) is 7.74. The summed E-state index contributed by atoms with van der Waals surface area (Å²) in [6, 6.07) is 8.87. The number of hydrogen-bond donors (Lipinski definition) is 2. The molecule has 1 aromatic heterocycles. The Morgan fingerprint density at radius 2 is 1.69 bits per heavy atom. The maximum atomic E-state index is 5.47. The molecule has 0 atom stereocenters. The number of likely N-dealkylation sites (N-methyl/N-ethyl adjacent to an activating group) is 1. The van der Waals surface area contributed by atoms with Gasteiger partial charge in [-0.3, -0.25) is 4.90 Å². The zero-order valence-corrected chi connectivity index (χ0v) is 22.3. The molecule has 1 aliphatic rings. The maximum absolute atomic E-state index is 5.47. The number of aromatic nitrogens is 1. The lowest BCUT2D eigenvalue weighted by molar-refractivity contribution is 0.148. The van der Waals surface area contributed by atoms with Crippen LogP contribution in [0.3, 0.4) is 0 Å². The van der Waals surface area contributed by atoms with E-state index >= 15 is 0 Å². The molecule has 0 radical (unpaired) electrons. The van der Waals surface area contributed by atoms with Crippen LogP contribution in [-0.2, 0) is 32.5 Å². The molecule has 7 nitrogen and oxygen atoms in total. The van der Waals surface area contributed by atoms with Gasteiger partial charge in [0.05, 0.1) is 12.2 Å². The van der Waals surface area contributed by atoms with Crippen LogP contribution < -0.4 is 10.6 Å². The molecule has 0 saturated carbocycles. The molecule has 0 aliphatic carbocycles. The predicted molar refractivity (Wildman–Crippen MR) is 142 cm³/mol. The summed E-state index contributed by atoms with van der Waals surface area (Å²) in [5.41, 5.74) is 4.77. The number of nitrogens with one attached hydrogen (secondary N) is 2. The third-order valence-electron chi connectivity index (χ3n) is 5.83. The average molecular weight is 555 g/mol. The van der Waals surface area contributed by atoms with Gasteiger partial charge in [-0.25, -0.2) is 4.99 Å². The lowest BCUT2D eigenvalue weighted by Gasteiger charge is -2.32. The molecule has 1 aliphatic heterocycles. The van der Waals surface area contributed by atoms with Crippen LogP contribution in [0.25, 0.3) is 0 Å². The minimum Gasteiger partial charge on any atom is -0.361 e. The van der Waals surface area contributed by atoms with Gasteiger partial charge in [0, 0.05) is 57.8 Å². The van der Waals surface area contributed by atoms with Crippen molar-refractivity contribution in [3.63, 3.8) is 0 Å². The minimum absolute atomic E-state index is 0. The van der Waals surface area contributed by atoms with Crippen LogP contribution in [0.2, 0.25) is 0 Å². The fraction of sp³-hybridized carbons (Fsp3) is 0.583. The summed E-state index contributed by atoms with van der Waals surface area (Å²) >= 11 is 0. The Kier molecular flexibility index (Phi) is 11.5. The second-order valence-corrected chi connectivity index (χ2v) is 8.18. The summed E-state index contributed by atoms with van der Waals surface area (Å²) in [7, 11) is 2.20. The molecule has 8 heteroatoms. The van der Waals surface area contributed by atoms with E-state index in [1.54, 1.807) is 0 Å². The van der Waals surface area contributed by atoms with E-state index < -0.39 is 0 Å². The number of halogens is 1. The van der Waals surface area contributed by atoms with Gasteiger partial charge in [0.15, 0.2) is 5.96 Å². The standard InChI is InChI=1S/C24H38N6O.HI/c1-5-22-21(23(6-2)31-28-22)17-27-24(25-7-3)26-16-19-8-10-20(11-9-19)18-30-14-12-29(4)13-15-30;/h8-11H,5-7,12-18H2,1-4H3,(H2,25,26,27);1H. The van der Waals surface area contributed by atoms with Crippen LogP contribution in [0.4, 0.5) is 0 Å². The summed E-state index contributed by atoms with van der Waals surface area (Å²) in [5.74, 6) is 1.77. The number of nitrogens with zero attached hydrogens (tertiary/aromatic N) is 4. The monoisotopic (exact) mass is 554 g/mol. The van der Waals surface area contributed by atoms with Gasteiger partial charge in [-0.1, -0.05) is 43.3 Å². The Morgan fingerprint density at radius 3 is 2.31 bits per heavy atom. The highest BCUT2D eigenvalue weighted by Crippen LogP contribution is 2.15. The summed E-state index contributed by atoms with van der Waals surface area (Å²) in [5, 5.41) is 11.0. The molecule has 1 saturated heterocycles. The van der Waals surface area contributed by atoms with Gasteiger partial charge in [0.2, 0.25) is 0 Å². The zero-order valence-electron chi connectivity index (χ0n) is 20.0. The highest BCUT2D eigenvalue weighted by Gasteiger charge is 2.14. The first kappa shape index (κ1) is 26.6. The summed E-state index contributed by atoms with van der Waals surface area (Å²) in [4.78, 5) is 9.69. The summed E-state index contributed by atoms with van der Waals surface area (Å²) in [6.07, 6.45) is 1.72. The lowest BCUT2D eigenvalue weighted by Crippen LogP contribution is -2.43. The number of benzene rings is 1. The van der Waals surface area contributed by atoms with E-state index in [0.29, 0.717) is 13.1 Å². The molecule has 32 heavy (non-hydrogen) atoms. The van der Waals surface area contributed by atoms with E-state index in [1.165, 1.54) is 11.1 Å². The Labute approximate surface area is 210 Å². The molecule has 178 valence electrons. The Hall–Kier alpha value is -1.65. The molecule has 2 aromatic rings. The molecule has 3 rings (SSSR count). The van der Waals surface area contributed by atoms with Crippen molar-refractivity contribution in [2.75, 3.05) is 39.8 Å². The highest BCUT2D eigenvalue weighted by molar-refractivity contribution is 14.0. The van der Waals surface area contributed by atoms with E-state index in [4.69, 9.17) is 9.52 Å². The molecule has 0 unspecified atom stereocenters. The third-order valence-corrected chi connectivity index (χ3v) is 5.83. The van der Waals surface area contributed by atoms with Crippen LogP contribution in [0.5, 0.6) is 0 Å². The molecule has 0 bridgehead atoms. The average Bonchev–Trinajstić information content (AvgIpc) is 3.20. The van der Waals surface area contributed by atoms with E-state index in [0.717, 1.165) is 75.1 Å². The minimum atomic E-state index is 0. The van der Waals surface area contributed by atoms with Crippen LogP contribution in [0.15, 0.2) is 33.8 Å². The van der Waals surface area contributed by atoms with Crippen LogP contribution in [0.1, 0.15) is 48.9 Å². The van der Waals surface area contributed by atoms with Crippen molar-refractivity contribution < 1.29 is 4.52 Å². The number of aryl methyl sites for hydroxylation is 2. The fourth-order valence-corrected chi connectivity index (χ4v) is 3.84. The van der Waals surface area contributed by atoms with Crippen molar-refractivity contribution in [2.45, 2.75) is 53.2 Å². The van der Waals surface area contributed by atoms with E-state index in [-0.39, 0.29) is 24.0 Å². The number of hydrogen-bond acceptors (Lipinski definition) is 5. The van der Waals surface area contributed by atoms with Crippen molar-refractivity contribution in [3.8, 4) is 0 Å². The van der Waals surface area contributed by atoms with Gasteiger partial charge >= 0.3 is 0 Å². The van der Waals surface area contributed by atoms with Gasteiger partial charge in [-0.2, -0.15) is 0 Å². The van der Waals surface area contributed by atoms with Gasteiger partial charge in [-0.15, -0.1) is 24.0 Å². The molecule has 0 spiro atoms. The first-order valence-corrected chi connectivity index (χ1v) is 11.6. The quantitative estimate of drug-likeness (QED) is 0.282. The Balaban J connectivity index is 0.00000363. The summed E-state index contributed by atoms with van der Waals surface area (Å²) in [6.45, 7) is 14.0. The zero-order chi connectivity index (χ0) is 22.1. The van der Waals surface area contributed by atoms with Crippen molar-refractivity contribution >= 4 is 29.9 Å². The maximum Gasteiger partial charge on any atom is 0.191 e. The topological polar surface area (TPSA) is 68.9 Å². The first-order chi connectivity index (χ1) is 15.1. The van der Waals surface area contributed by atoms with Crippen LogP contribution >= 0.6 is 24.0 Å². The Bertz CT molecular complexity index is 806. The number of piperazine rings is 1. The lowest BCUT2D eigenvalue weighted by atomic mass is 10.1. The second kappa shape index (κ2) is 13.8. The molecule has 0 amide bonds. The largest absolute Gasteiger partial charge is 0.361 e. The van der Waals surface area contributed by atoms with Gasteiger partial charge < -0.3 is 20.1 Å². The summed E-state index contributed by atoms with van der Waals surface area (Å²) < 4.78 is 5.47. The van der Waals surface area contributed by atoms with E-state index in [2.05, 4.69) is 77.7 Å². The van der Waals surface area contributed by atoms with Crippen LogP contribution in [0, 0.1) is 0 Å². The van der Waals surface area contributed by atoms with Gasteiger partial charge in [-0.05, 0) is 31.5 Å². The van der Waals surface area contributed by atoms with Crippen molar-refractivity contribution in [2.24, 2.45) is 4.99 Å². The second-order valence-electron chi connectivity index (χ2n) is 8.18.